The Bertz CT molecular complexity index is 374. The fraction of sp³-hybridized carbons (Fsp3) is 0.857. The normalized spacial score (nSPS) is 20.3. The minimum Gasteiger partial charge on any atom is -0.357 e. The summed E-state index contributed by atoms with van der Waals surface area (Å²) in [6.45, 7) is 9.18. The zero-order valence-corrected chi connectivity index (χ0v) is 12.8. The first-order chi connectivity index (χ1) is 8.44. The van der Waals surface area contributed by atoms with Crippen molar-refractivity contribution >= 4 is 16.5 Å². The van der Waals surface area contributed by atoms with Crippen molar-refractivity contribution in [2.45, 2.75) is 65.8 Å². The highest BCUT2D eigenvalue weighted by molar-refractivity contribution is 7.15. The van der Waals surface area contributed by atoms with Crippen LogP contribution in [0.25, 0.3) is 0 Å². The zero-order valence-electron chi connectivity index (χ0n) is 12.0. The zero-order chi connectivity index (χ0) is 13.2. The van der Waals surface area contributed by atoms with E-state index in [2.05, 4.69) is 43.2 Å². The SMILES string of the molecule is CC(C)Cc1nnc(NC2CCC(C)(C)CC2)s1. The van der Waals surface area contributed by atoms with Crippen LogP contribution in [0.2, 0.25) is 0 Å². The molecule has 0 saturated heterocycles. The first kappa shape index (κ1) is 13.8. The summed E-state index contributed by atoms with van der Waals surface area (Å²) in [7, 11) is 0. The molecule has 1 heterocycles. The van der Waals surface area contributed by atoms with E-state index < -0.39 is 0 Å². The molecular formula is C14H25N3S. The lowest BCUT2D eigenvalue weighted by molar-refractivity contribution is 0.232. The van der Waals surface area contributed by atoms with Gasteiger partial charge >= 0.3 is 0 Å². The Morgan fingerprint density at radius 2 is 1.94 bits per heavy atom. The van der Waals surface area contributed by atoms with Gasteiger partial charge in [0, 0.05) is 12.5 Å². The predicted molar refractivity (Wildman–Crippen MR) is 78.1 cm³/mol. The third-order valence-corrected chi connectivity index (χ3v) is 4.59. The fourth-order valence-corrected chi connectivity index (χ4v) is 3.49. The number of hydrogen-bond acceptors (Lipinski definition) is 4. The highest BCUT2D eigenvalue weighted by Gasteiger charge is 2.27. The van der Waals surface area contributed by atoms with E-state index in [1.54, 1.807) is 11.3 Å². The Morgan fingerprint density at radius 1 is 1.28 bits per heavy atom. The predicted octanol–water partition coefficient (Wildman–Crippen LogP) is 4.12. The third kappa shape index (κ3) is 3.94. The molecule has 0 radical (unpaired) electrons. The van der Waals surface area contributed by atoms with Crippen molar-refractivity contribution in [3.05, 3.63) is 5.01 Å². The molecule has 0 bridgehead atoms. The number of anilines is 1. The quantitative estimate of drug-likeness (QED) is 0.892. The average Bonchev–Trinajstić information content (AvgIpc) is 2.68. The molecule has 102 valence electrons. The minimum absolute atomic E-state index is 0.530. The standard InChI is InChI=1S/C14H25N3S/c1-10(2)9-12-16-17-13(18-12)15-11-5-7-14(3,4)8-6-11/h10-11H,5-9H2,1-4H3,(H,15,17). The Labute approximate surface area is 114 Å². The van der Waals surface area contributed by atoms with Gasteiger partial charge in [-0.05, 0) is 37.0 Å². The van der Waals surface area contributed by atoms with E-state index in [0.29, 0.717) is 17.4 Å². The van der Waals surface area contributed by atoms with Crippen molar-refractivity contribution in [3.63, 3.8) is 0 Å². The van der Waals surface area contributed by atoms with Gasteiger partial charge in [0.25, 0.3) is 0 Å². The summed E-state index contributed by atoms with van der Waals surface area (Å²) in [6.07, 6.45) is 6.17. The van der Waals surface area contributed by atoms with Crippen molar-refractivity contribution in [1.29, 1.82) is 0 Å². The summed E-state index contributed by atoms with van der Waals surface area (Å²) in [4.78, 5) is 0. The fourth-order valence-electron chi connectivity index (χ4n) is 2.46. The molecule has 1 N–H and O–H groups in total. The van der Waals surface area contributed by atoms with Crippen LogP contribution in [0.4, 0.5) is 5.13 Å². The van der Waals surface area contributed by atoms with Crippen LogP contribution in [0.3, 0.4) is 0 Å². The molecule has 3 nitrogen and oxygen atoms in total. The number of hydrogen-bond donors (Lipinski definition) is 1. The van der Waals surface area contributed by atoms with Crippen LogP contribution in [0.5, 0.6) is 0 Å². The lowest BCUT2D eigenvalue weighted by Crippen LogP contribution is -2.29. The molecule has 0 amide bonds. The van der Waals surface area contributed by atoms with E-state index in [1.807, 2.05) is 0 Å². The van der Waals surface area contributed by atoms with Crippen LogP contribution < -0.4 is 5.32 Å². The molecule has 0 unspecified atom stereocenters. The number of rotatable bonds is 4. The maximum Gasteiger partial charge on any atom is 0.205 e. The van der Waals surface area contributed by atoms with Crippen LogP contribution in [-0.2, 0) is 6.42 Å². The topological polar surface area (TPSA) is 37.8 Å². The second-order valence-corrected chi connectivity index (χ2v) is 7.74. The van der Waals surface area contributed by atoms with E-state index in [1.165, 1.54) is 25.7 Å². The Hall–Kier alpha value is -0.640. The second kappa shape index (κ2) is 5.55. The van der Waals surface area contributed by atoms with Gasteiger partial charge in [0.2, 0.25) is 5.13 Å². The highest BCUT2D eigenvalue weighted by Crippen LogP contribution is 2.36. The molecule has 1 saturated carbocycles. The first-order valence-corrected chi connectivity index (χ1v) is 7.85. The van der Waals surface area contributed by atoms with Crippen LogP contribution >= 0.6 is 11.3 Å². The van der Waals surface area contributed by atoms with Crippen molar-refractivity contribution in [1.82, 2.24) is 10.2 Å². The Morgan fingerprint density at radius 3 is 2.56 bits per heavy atom. The molecule has 1 aromatic heterocycles. The molecule has 0 atom stereocenters. The van der Waals surface area contributed by atoms with Crippen molar-refractivity contribution < 1.29 is 0 Å². The van der Waals surface area contributed by atoms with Gasteiger partial charge in [-0.25, -0.2) is 0 Å². The number of aromatic nitrogens is 2. The number of nitrogens with one attached hydrogen (secondary N) is 1. The maximum absolute atomic E-state index is 4.26. The second-order valence-electron chi connectivity index (χ2n) is 6.68. The van der Waals surface area contributed by atoms with E-state index >= 15 is 0 Å². The van der Waals surface area contributed by atoms with Crippen LogP contribution in [0.1, 0.15) is 58.4 Å². The summed E-state index contributed by atoms with van der Waals surface area (Å²) in [5.74, 6) is 0.654. The van der Waals surface area contributed by atoms with Gasteiger partial charge in [-0.15, -0.1) is 10.2 Å². The van der Waals surface area contributed by atoms with Gasteiger partial charge in [0.15, 0.2) is 0 Å². The molecule has 1 fully saturated rings. The molecule has 0 aliphatic heterocycles. The molecular weight excluding hydrogens is 242 g/mol. The summed E-state index contributed by atoms with van der Waals surface area (Å²) < 4.78 is 0. The minimum atomic E-state index is 0.530. The van der Waals surface area contributed by atoms with Crippen LogP contribution in [0.15, 0.2) is 0 Å². The largest absolute Gasteiger partial charge is 0.357 e. The van der Waals surface area contributed by atoms with Crippen molar-refractivity contribution in [2.75, 3.05) is 5.32 Å². The molecule has 0 aromatic carbocycles. The Balaban J connectivity index is 1.85. The van der Waals surface area contributed by atoms with Gasteiger partial charge < -0.3 is 5.32 Å². The van der Waals surface area contributed by atoms with Gasteiger partial charge in [-0.2, -0.15) is 0 Å². The lowest BCUT2D eigenvalue weighted by Gasteiger charge is -2.34. The molecule has 2 rings (SSSR count). The summed E-state index contributed by atoms with van der Waals surface area (Å²) in [6, 6.07) is 0.595. The maximum atomic E-state index is 4.26. The van der Waals surface area contributed by atoms with Gasteiger partial charge in [0.05, 0.1) is 0 Å². The van der Waals surface area contributed by atoms with E-state index in [4.69, 9.17) is 0 Å². The molecule has 1 aliphatic carbocycles. The van der Waals surface area contributed by atoms with Crippen molar-refractivity contribution in [3.8, 4) is 0 Å². The van der Waals surface area contributed by atoms with E-state index in [9.17, 15) is 0 Å². The molecule has 0 spiro atoms. The van der Waals surface area contributed by atoms with Gasteiger partial charge in [-0.3, -0.25) is 0 Å². The number of nitrogens with zero attached hydrogens (tertiary/aromatic N) is 2. The lowest BCUT2D eigenvalue weighted by atomic mass is 9.76. The van der Waals surface area contributed by atoms with Gasteiger partial charge in [0.1, 0.15) is 5.01 Å². The monoisotopic (exact) mass is 267 g/mol. The average molecular weight is 267 g/mol. The van der Waals surface area contributed by atoms with Crippen molar-refractivity contribution in [2.24, 2.45) is 11.3 Å². The first-order valence-electron chi connectivity index (χ1n) is 7.03. The van der Waals surface area contributed by atoms with Crippen LogP contribution in [0, 0.1) is 11.3 Å². The molecule has 18 heavy (non-hydrogen) atoms. The molecule has 1 aromatic rings. The third-order valence-electron chi connectivity index (χ3n) is 3.72. The van der Waals surface area contributed by atoms with Gasteiger partial charge in [-0.1, -0.05) is 39.0 Å². The smallest absolute Gasteiger partial charge is 0.205 e. The summed E-state index contributed by atoms with van der Waals surface area (Å²) in [5.41, 5.74) is 0.530. The molecule has 1 aliphatic rings. The summed E-state index contributed by atoms with van der Waals surface area (Å²) >= 11 is 1.72. The summed E-state index contributed by atoms with van der Waals surface area (Å²) in [5, 5.41) is 14.2. The Kier molecular flexibility index (Phi) is 4.25. The van der Waals surface area contributed by atoms with E-state index in [-0.39, 0.29) is 0 Å². The molecule has 4 heteroatoms. The van der Waals surface area contributed by atoms with Crippen LogP contribution in [-0.4, -0.2) is 16.2 Å². The highest BCUT2D eigenvalue weighted by atomic mass is 32.1. The van der Waals surface area contributed by atoms with E-state index in [0.717, 1.165) is 16.6 Å².